The number of morpholine rings is 1. The van der Waals surface area contributed by atoms with Crippen LogP contribution in [0.15, 0.2) is 48.5 Å². The van der Waals surface area contributed by atoms with Crippen LogP contribution in [0.2, 0.25) is 0 Å². The first kappa shape index (κ1) is 28.1. The Morgan fingerprint density at radius 1 is 0.897 bits per heavy atom. The third kappa shape index (κ3) is 7.78. The Morgan fingerprint density at radius 3 is 2.05 bits per heavy atom. The lowest BCUT2D eigenvalue weighted by Crippen LogP contribution is -2.58. The van der Waals surface area contributed by atoms with E-state index < -0.39 is 12.0 Å². The van der Waals surface area contributed by atoms with Crippen LogP contribution in [0.1, 0.15) is 30.4 Å². The van der Waals surface area contributed by atoms with E-state index in [0.717, 1.165) is 11.1 Å². The lowest BCUT2D eigenvalue weighted by molar-refractivity contribution is -0.154. The molecular weight excluding hydrogens is 502 g/mol. The average molecular weight is 538 g/mol. The molecule has 2 aromatic rings. The van der Waals surface area contributed by atoms with Crippen molar-refractivity contribution in [1.82, 2.24) is 9.80 Å². The molecule has 2 aliphatic rings. The van der Waals surface area contributed by atoms with Gasteiger partial charge in [0.15, 0.2) is 0 Å². The first-order chi connectivity index (χ1) is 18.8. The topological polar surface area (TPSA) is 154 Å². The van der Waals surface area contributed by atoms with Gasteiger partial charge in [-0.05, 0) is 54.2 Å². The van der Waals surface area contributed by atoms with Crippen LogP contribution in [-0.4, -0.2) is 77.6 Å². The number of nitrogens with one attached hydrogen (secondary N) is 2. The summed E-state index contributed by atoms with van der Waals surface area (Å²) in [6.07, 6.45) is 1.50. The van der Waals surface area contributed by atoms with Crippen molar-refractivity contribution in [3.63, 3.8) is 0 Å². The highest BCUT2D eigenvalue weighted by Gasteiger charge is 2.36. The highest BCUT2D eigenvalue weighted by atomic mass is 16.5. The predicted molar refractivity (Wildman–Crippen MR) is 145 cm³/mol. The van der Waals surface area contributed by atoms with Gasteiger partial charge in [-0.25, -0.2) is 4.79 Å². The van der Waals surface area contributed by atoms with E-state index in [2.05, 4.69) is 10.6 Å². The normalized spacial score (nSPS) is 17.9. The predicted octanol–water partition coefficient (Wildman–Crippen LogP) is 2.27. The summed E-state index contributed by atoms with van der Waals surface area (Å²) in [5.74, 6) is -1.08. The maximum absolute atomic E-state index is 13.2. The van der Waals surface area contributed by atoms with Gasteiger partial charge in [0.05, 0.1) is 19.6 Å². The van der Waals surface area contributed by atoms with Crippen LogP contribution in [0.5, 0.6) is 0 Å². The van der Waals surface area contributed by atoms with E-state index >= 15 is 0 Å². The van der Waals surface area contributed by atoms with Gasteiger partial charge in [-0.3, -0.25) is 14.4 Å². The quantitative estimate of drug-likeness (QED) is 0.403. The Kier molecular flexibility index (Phi) is 9.50. The summed E-state index contributed by atoms with van der Waals surface area (Å²) in [5, 5.41) is 14.5. The molecule has 2 aromatic carbocycles. The average Bonchev–Trinajstić information content (AvgIpc) is 2.94. The summed E-state index contributed by atoms with van der Waals surface area (Å²) < 4.78 is 5.53. The second kappa shape index (κ2) is 13.2. The summed E-state index contributed by atoms with van der Waals surface area (Å²) >= 11 is 0. The van der Waals surface area contributed by atoms with Crippen molar-refractivity contribution < 1.29 is 29.0 Å². The van der Waals surface area contributed by atoms with Crippen LogP contribution < -0.4 is 16.4 Å². The van der Waals surface area contributed by atoms with Crippen LogP contribution in [0, 0.1) is 5.92 Å². The maximum atomic E-state index is 13.2. The minimum Gasteiger partial charge on any atom is -0.481 e. The van der Waals surface area contributed by atoms with Gasteiger partial charge in [0.25, 0.3) is 0 Å². The molecule has 0 saturated carbocycles. The number of likely N-dealkylation sites (tertiary alicyclic amines) is 1. The second-order valence-corrected chi connectivity index (χ2v) is 9.90. The molecule has 11 nitrogen and oxygen atoms in total. The number of rotatable bonds is 8. The third-order valence-corrected chi connectivity index (χ3v) is 7.14. The first-order valence-electron chi connectivity index (χ1n) is 13.2. The Hall–Kier alpha value is -3.96. The molecule has 11 heteroatoms. The number of aliphatic carboxylic acids is 1. The van der Waals surface area contributed by atoms with Gasteiger partial charge < -0.3 is 36.0 Å². The molecule has 0 radical (unpaired) electrons. The molecule has 4 amide bonds. The fraction of sp³-hybridized carbons (Fsp3) is 0.429. The van der Waals surface area contributed by atoms with Crippen LogP contribution in [0.3, 0.4) is 0 Å². The number of nitrogens with zero attached hydrogens (tertiary/aromatic N) is 2. The molecule has 4 rings (SSSR count). The molecule has 5 N–H and O–H groups in total. The van der Waals surface area contributed by atoms with E-state index in [0.29, 0.717) is 57.0 Å². The van der Waals surface area contributed by atoms with E-state index in [1.165, 1.54) is 0 Å². The summed E-state index contributed by atoms with van der Waals surface area (Å²) in [6, 6.07) is 13.2. The van der Waals surface area contributed by atoms with Crippen molar-refractivity contribution in [3.8, 4) is 0 Å². The number of amides is 4. The van der Waals surface area contributed by atoms with Gasteiger partial charge in [0.1, 0.15) is 6.04 Å². The van der Waals surface area contributed by atoms with Crippen LogP contribution in [0.25, 0.3) is 0 Å². The minimum atomic E-state index is -0.821. The van der Waals surface area contributed by atoms with Crippen molar-refractivity contribution in [3.05, 3.63) is 59.7 Å². The number of carboxylic acid groups (broad SMARTS) is 1. The molecule has 0 aromatic heterocycles. The number of urea groups is 1. The number of benzene rings is 2. The highest BCUT2D eigenvalue weighted by Crippen LogP contribution is 2.23. The zero-order chi connectivity index (χ0) is 27.8. The molecule has 0 bridgehead atoms. The minimum absolute atomic E-state index is 0.0679. The molecule has 39 heavy (non-hydrogen) atoms. The largest absolute Gasteiger partial charge is 0.481 e. The van der Waals surface area contributed by atoms with Crippen molar-refractivity contribution >= 4 is 35.2 Å². The second-order valence-electron chi connectivity index (χ2n) is 9.90. The highest BCUT2D eigenvalue weighted by molar-refractivity contribution is 5.99. The number of ether oxygens (including phenoxy) is 1. The fourth-order valence-electron chi connectivity index (χ4n) is 4.92. The standard InChI is InChI=1S/C28H35N5O6/c29-17-21-3-7-23(8-4-21)31-28(38)30-22-5-1-19(2-6-22)15-25(34)33-13-14-39-18-24(33)27(37)32-11-9-20(10-12-32)16-26(35)36/h1-8,20,24H,9-18,29H2,(H,35,36)(H2,30,31,38)/t24-/m0/s1. The molecule has 208 valence electrons. The summed E-state index contributed by atoms with van der Waals surface area (Å²) in [4.78, 5) is 53.1. The Balaban J connectivity index is 1.29. The van der Waals surface area contributed by atoms with E-state index in [1.807, 2.05) is 12.1 Å². The molecule has 2 fully saturated rings. The Morgan fingerprint density at radius 2 is 1.49 bits per heavy atom. The SMILES string of the molecule is NCc1ccc(NC(=O)Nc2ccc(CC(=O)N3CCOC[C@H]3C(=O)N3CCC(CC(=O)O)CC3)cc2)cc1. The number of carbonyl (C=O) groups is 4. The number of nitrogens with two attached hydrogens (primary N) is 1. The molecule has 0 spiro atoms. The molecular formula is C28H35N5O6. The third-order valence-electron chi connectivity index (χ3n) is 7.14. The molecule has 2 heterocycles. The lowest BCUT2D eigenvalue weighted by atomic mass is 9.93. The maximum Gasteiger partial charge on any atom is 0.323 e. The first-order valence-corrected chi connectivity index (χ1v) is 13.2. The Bertz CT molecular complexity index is 1160. The molecule has 0 aliphatic carbocycles. The van der Waals surface area contributed by atoms with Gasteiger partial charge in [-0.15, -0.1) is 0 Å². The van der Waals surface area contributed by atoms with Crippen molar-refractivity contribution in [2.75, 3.05) is 43.5 Å². The molecule has 0 unspecified atom stereocenters. The lowest BCUT2D eigenvalue weighted by Gasteiger charge is -2.39. The number of carbonyl (C=O) groups excluding carboxylic acids is 3. The summed E-state index contributed by atoms with van der Waals surface area (Å²) in [5.41, 5.74) is 8.54. The van der Waals surface area contributed by atoms with Gasteiger partial charge in [0.2, 0.25) is 11.8 Å². The number of hydrogen-bond donors (Lipinski definition) is 4. The van der Waals surface area contributed by atoms with E-state index in [4.69, 9.17) is 15.6 Å². The summed E-state index contributed by atoms with van der Waals surface area (Å²) in [7, 11) is 0. The zero-order valence-corrected chi connectivity index (χ0v) is 21.8. The molecule has 1 atom stereocenters. The van der Waals surface area contributed by atoms with E-state index in [-0.39, 0.29) is 43.2 Å². The zero-order valence-electron chi connectivity index (χ0n) is 21.8. The van der Waals surface area contributed by atoms with E-state index in [1.54, 1.807) is 46.2 Å². The van der Waals surface area contributed by atoms with Crippen molar-refractivity contribution in [2.45, 2.75) is 38.3 Å². The molecule has 2 aliphatic heterocycles. The van der Waals surface area contributed by atoms with Crippen molar-refractivity contribution in [1.29, 1.82) is 0 Å². The fourth-order valence-corrected chi connectivity index (χ4v) is 4.92. The number of piperidine rings is 1. The van der Waals surface area contributed by atoms with Gasteiger partial charge in [-0.2, -0.15) is 0 Å². The van der Waals surface area contributed by atoms with E-state index in [9.17, 15) is 19.2 Å². The van der Waals surface area contributed by atoms with Gasteiger partial charge in [-0.1, -0.05) is 24.3 Å². The summed E-state index contributed by atoms with van der Waals surface area (Å²) in [6.45, 7) is 2.23. The smallest absolute Gasteiger partial charge is 0.323 e. The monoisotopic (exact) mass is 537 g/mol. The number of carboxylic acids is 1. The Labute approximate surface area is 227 Å². The number of hydrogen-bond acceptors (Lipinski definition) is 6. The van der Waals surface area contributed by atoms with Crippen LogP contribution in [0.4, 0.5) is 16.2 Å². The van der Waals surface area contributed by atoms with Crippen molar-refractivity contribution in [2.24, 2.45) is 11.7 Å². The van der Waals surface area contributed by atoms with Crippen LogP contribution in [-0.2, 0) is 32.1 Å². The van der Waals surface area contributed by atoms with Crippen LogP contribution >= 0.6 is 0 Å². The molecule has 2 saturated heterocycles. The number of anilines is 2. The van der Waals surface area contributed by atoms with Gasteiger partial charge in [0, 0.05) is 44.0 Å². The van der Waals surface area contributed by atoms with Gasteiger partial charge >= 0.3 is 12.0 Å².